The van der Waals surface area contributed by atoms with Gasteiger partial charge < -0.3 is 14.1 Å². The quantitative estimate of drug-likeness (QED) is 0.402. The highest BCUT2D eigenvalue weighted by molar-refractivity contribution is 7.98. The van der Waals surface area contributed by atoms with E-state index in [4.69, 9.17) is 4.42 Å². The third kappa shape index (κ3) is 4.61. The number of nitrogens with one attached hydrogen (secondary N) is 1. The Bertz CT molecular complexity index is 1070. The maximum Gasteiger partial charge on any atom is 0.499 e. The van der Waals surface area contributed by atoms with Gasteiger partial charge in [-0.25, -0.2) is 0 Å². The number of fused-ring (bicyclic) bond motifs is 1. The molecule has 0 aliphatic carbocycles. The van der Waals surface area contributed by atoms with Crippen molar-refractivity contribution in [1.29, 1.82) is 0 Å². The SMILES string of the molecule is CN(C)c1ccc2cc(C(=O)NSc3ccccc3OC(F)(F)C(F)(F)F)oc2c1. The predicted octanol–water partition coefficient (Wildman–Crippen LogP) is 5.47. The second-order valence-electron chi connectivity index (χ2n) is 6.32. The minimum Gasteiger partial charge on any atom is -0.451 e. The number of amides is 1. The number of rotatable bonds is 6. The van der Waals surface area contributed by atoms with Gasteiger partial charge in [-0.15, -0.1) is 0 Å². The zero-order chi connectivity index (χ0) is 22.1. The molecule has 160 valence electrons. The van der Waals surface area contributed by atoms with Crippen LogP contribution in [-0.2, 0) is 0 Å². The van der Waals surface area contributed by atoms with Gasteiger partial charge in [0.25, 0.3) is 5.91 Å². The molecular formula is C19H15F5N2O3S. The molecule has 0 spiro atoms. The molecule has 0 unspecified atom stereocenters. The Balaban J connectivity index is 1.74. The first kappa shape index (κ1) is 21.8. The molecule has 0 atom stereocenters. The van der Waals surface area contributed by atoms with Crippen LogP contribution < -0.4 is 14.4 Å². The van der Waals surface area contributed by atoms with Crippen LogP contribution in [0.15, 0.2) is 57.8 Å². The monoisotopic (exact) mass is 446 g/mol. The largest absolute Gasteiger partial charge is 0.499 e. The van der Waals surface area contributed by atoms with Gasteiger partial charge >= 0.3 is 12.3 Å². The Morgan fingerprint density at radius 3 is 2.43 bits per heavy atom. The summed E-state index contributed by atoms with van der Waals surface area (Å²) in [5.41, 5.74) is 1.32. The molecule has 30 heavy (non-hydrogen) atoms. The number of para-hydroxylation sites is 1. The minimum absolute atomic E-state index is 0.0487. The van der Waals surface area contributed by atoms with E-state index in [-0.39, 0.29) is 10.7 Å². The number of anilines is 1. The van der Waals surface area contributed by atoms with Gasteiger partial charge in [0.15, 0.2) is 5.76 Å². The highest BCUT2D eigenvalue weighted by Gasteiger charge is 2.61. The molecule has 3 aromatic rings. The van der Waals surface area contributed by atoms with E-state index in [1.807, 2.05) is 25.1 Å². The molecule has 0 aliphatic heterocycles. The zero-order valence-electron chi connectivity index (χ0n) is 15.6. The van der Waals surface area contributed by atoms with E-state index < -0.39 is 23.9 Å². The van der Waals surface area contributed by atoms with E-state index in [9.17, 15) is 26.7 Å². The summed E-state index contributed by atoms with van der Waals surface area (Å²) in [6.07, 6.45) is -11.3. The molecule has 0 aliphatic rings. The van der Waals surface area contributed by atoms with Crippen molar-refractivity contribution in [2.45, 2.75) is 17.2 Å². The number of halogens is 5. The molecule has 1 N–H and O–H groups in total. The van der Waals surface area contributed by atoms with Crippen LogP contribution in [0.5, 0.6) is 5.75 Å². The fourth-order valence-corrected chi connectivity index (χ4v) is 3.04. The second-order valence-corrected chi connectivity index (χ2v) is 7.17. The fraction of sp³-hybridized carbons (Fsp3) is 0.211. The number of furan rings is 1. The lowest BCUT2D eigenvalue weighted by Gasteiger charge is -2.21. The molecule has 0 saturated heterocycles. The van der Waals surface area contributed by atoms with Gasteiger partial charge in [-0.2, -0.15) is 22.0 Å². The van der Waals surface area contributed by atoms with Crippen LogP contribution in [0.2, 0.25) is 0 Å². The molecular weight excluding hydrogens is 431 g/mol. The van der Waals surface area contributed by atoms with E-state index in [1.54, 1.807) is 12.1 Å². The van der Waals surface area contributed by atoms with E-state index >= 15 is 0 Å². The first-order valence-corrected chi connectivity index (χ1v) is 9.20. The number of nitrogens with zero attached hydrogens (tertiary/aromatic N) is 1. The van der Waals surface area contributed by atoms with Crippen LogP contribution in [0.3, 0.4) is 0 Å². The molecule has 0 bridgehead atoms. The number of benzene rings is 2. The summed E-state index contributed by atoms with van der Waals surface area (Å²) in [6, 6.07) is 11.6. The zero-order valence-corrected chi connectivity index (χ0v) is 16.4. The number of hydrogen-bond acceptors (Lipinski definition) is 5. The smallest absolute Gasteiger partial charge is 0.451 e. The molecule has 11 heteroatoms. The van der Waals surface area contributed by atoms with Crippen molar-refractivity contribution in [1.82, 2.24) is 4.72 Å². The lowest BCUT2D eigenvalue weighted by molar-refractivity contribution is -0.361. The molecule has 0 radical (unpaired) electrons. The third-order valence-corrected chi connectivity index (χ3v) is 4.76. The maximum absolute atomic E-state index is 13.2. The molecule has 0 saturated carbocycles. The van der Waals surface area contributed by atoms with Crippen LogP contribution in [0.1, 0.15) is 10.6 Å². The van der Waals surface area contributed by atoms with Crippen molar-refractivity contribution in [2.75, 3.05) is 19.0 Å². The van der Waals surface area contributed by atoms with Crippen LogP contribution >= 0.6 is 11.9 Å². The summed E-state index contributed by atoms with van der Waals surface area (Å²) in [6.45, 7) is 0. The van der Waals surface area contributed by atoms with Gasteiger partial charge in [0.1, 0.15) is 11.3 Å². The summed E-state index contributed by atoms with van der Waals surface area (Å²) >= 11 is 0.526. The highest BCUT2D eigenvalue weighted by atomic mass is 32.2. The van der Waals surface area contributed by atoms with E-state index in [2.05, 4.69) is 9.46 Å². The molecule has 1 heterocycles. The van der Waals surface area contributed by atoms with Gasteiger partial charge in [-0.3, -0.25) is 9.52 Å². The summed E-state index contributed by atoms with van der Waals surface area (Å²) in [5, 5.41) is 0.671. The summed E-state index contributed by atoms with van der Waals surface area (Å²) in [4.78, 5) is 14.1. The van der Waals surface area contributed by atoms with Gasteiger partial charge in [0, 0.05) is 31.2 Å². The Kier molecular flexibility index (Phi) is 5.84. The normalized spacial score (nSPS) is 12.1. The molecule has 2 aromatic carbocycles. The van der Waals surface area contributed by atoms with Gasteiger partial charge in [0.05, 0.1) is 4.90 Å². The number of carbonyl (C=O) groups is 1. The van der Waals surface area contributed by atoms with Crippen LogP contribution in [0, 0.1) is 0 Å². The van der Waals surface area contributed by atoms with Crippen molar-refractivity contribution in [3.63, 3.8) is 0 Å². The summed E-state index contributed by atoms with van der Waals surface area (Å²) in [5.74, 6) is -1.47. The average Bonchev–Trinajstić information content (AvgIpc) is 3.09. The predicted molar refractivity (Wildman–Crippen MR) is 102 cm³/mol. The number of carbonyl (C=O) groups excluding carboxylic acids is 1. The lowest BCUT2D eigenvalue weighted by atomic mass is 10.2. The highest BCUT2D eigenvalue weighted by Crippen LogP contribution is 2.40. The van der Waals surface area contributed by atoms with Crippen molar-refractivity contribution in [2.24, 2.45) is 0 Å². The lowest BCUT2D eigenvalue weighted by Crippen LogP contribution is -2.42. The summed E-state index contributed by atoms with van der Waals surface area (Å²) < 4.78 is 75.3. The van der Waals surface area contributed by atoms with Crippen LogP contribution in [0.4, 0.5) is 27.6 Å². The van der Waals surface area contributed by atoms with Gasteiger partial charge in [-0.05, 0) is 42.3 Å². The second kappa shape index (κ2) is 8.05. The van der Waals surface area contributed by atoms with Crippen LogP contribution in [0.25, 0.3) is 11.0 Å². The van der Waals surface area contributed by atoms with E-state index in [1.165, 1.54) is 24.3 Å². The Morgan fingerprint density at radius 2 is 1.77 bits per heavy atom. The fourth-order valence-electron chi connectivity index (χ4n) is 2.38. The Hall–Kier alpha value is -2.95. The van der Waals surface area contributed by atoms with Gasteiger partial charge in [-0.1, -0.05) is 12.1 Å². The van der Waals surface area contributed by atoms with Crippen molar-refractivity contribution in [3.8, 4) is 5.75 Å². The van der Waals surface area contributed by atoms with E-state index in [0.717, 1.165) is 11.8 Å². The average molecular weight is 446 g/mol. The molecule has 1 aromatic heterocycles. The first-order chi connectivity index (χ1) is 14.0. The molecule has 3 rings (SSSR count). The number of ether oxygens (including phenoxy) is 1. The summed E-state index contributed by atoms with van der Waals surface area (Å²) in [7, 11) is 3.69. The van der Waals surface area contributed by atoms with E-state index in [0.29, 0.717) is 22.9 Å². The van der Waals surface area contributed by atoms with Crippen molar-refractivity contribution < 1.29 is 35.9 Å². The molecule has 1 amide bonds. The maximum atomic E-state index is 13.2. The Morgan fingerprint density at radius 1 is 1.07 bits per heavy atom. The Labute approximate surface area is 171 Å². The van der Waals surface area contributed by atoms with Crippen molar-refractivity contribution in [3.05, 3.63) is 54.3 Å². The van der Waals surface area contributed by atoms with Crippen molar-refractivity contribution >= 4 is 34.5 Å². The third-order valence-electron chi connectivity index (χ3n) is 3.91. The molecule has 5 nitrogen and oxygen atoms in total. The van der Waals surface area contributed by atoms with Crippen LogP contribution in [-0.4, -0.2) is 32.3 Å². The number of hydrogen-bond donors (Lipinski definition) is 1. The number of alkyl halides is 5. The van der Waals surface area contributed by atoms with Gasteiger partial charge in [0.2, 0.25) is 0 Å². The minimum atomic E-state index is -5.88. The standard InChI is InChI=1S/C19H15F5N2O3S/c1-26(2)12-8-7-11-9-15(28-14(11)10-12)17(27)25-30-16-6-4-3-5-13(16)29-19(23,24)18(20,21)22/h3-10H,1-2H3,(H,25,27). The first-order valence-electron chi connectivity index (χ1n) is 8.38. The molecule has 0 fully saturated rings. The topological polar surface area (TPSA) is 54.7 Å².